The van der Waals surface area contributed by atoms with Crippen LogP contribution in [0.5, 0.6) is 0 Å². The molecule has 186 valence electrons. The second-order valence-electron chi connectivity index (χ2n) is 8.60. The Morgan fingerprint density at radius 2 is 1.57 bits per heavy atom. The van der Waals surface area contributed by atoms with Gasteiger partial charge in [0.1, 0.15) is 12.1 Å². The van der Waals surface area contributed by atoms with Crippen LogP contribution in [0.1, 0.15) is 30.4 Å². The summed E-state index contributed by atoms with van der Waals surface area (Å²) in [5.74, 6) is -2.19. The highest BCUT2D eigenvalue weighted by Gasteiger charge is 2.28. The molecule has 0 aliphatic heterocycles. The number of hydrogen-bond acceptors (Lipinski definition) is 5. The molecule has 8 N–H and O–H groups in total. The van der Waals surface area contributed by atoms with Gasteiger partial charge in [0.05, 0.1) is 6.04 Å². The van der Waals surface area contributed by atoms with E-state index in [2.05, 4.69) is 15.6 Å². The minimum absolute atomic E-state index is 0.175. The maximum atomic E-state index is 13.2. The van der Waals surface area contributed by atoms with Crippen LogP contribution in [0.2, 0.25) is 0 Å². The maximum Gasteiger partial charge on any atom is 0.326 e. The first-order valence-corrected chi connectivity index (χ1v) is 11.8. The van der Waals surface area contributed by atoms with Gasteiger partial charge in [-0.1, -0.05) is 48.5 Å². The molecule has 2 aromatic carbocycles. The third kappa shape index (κ3) is 7.40. The average Bonchev–Trinajstić information content (AvgIpc) is 3.26. The van der Waals surface area contributed by atoms with Crippen LogP contribution in [0.3, 0.4) is 0 Å². The number of carboxylic acids is 1. The standard InChI is InChI=1S/C26H33N5O4/c27-13-7-6-12-22(26(34)35)30-25(33)23(15-18-16-29-21-11-5-4-10-19(18)21)31-24(32)20(28)14-17-8-2-1-3-9-17/h1-5,8-11,16,20,22-23,29H,6-7,12-15,27-28H2,(H,30,33)(H,31,32)(H,34,35)/t20-,22-,23+/m0/s1. The second-order valence-corrected chi connectivity index (χ2v) is 8.60. The van der Waals surface area contributed by atoms with E-state index < -0.39 is 35.9 Å². The Hall–Kier alpha value is -3.69. The molecule has 3 aromatic rings. The van der Waals surface area contributed by atoms with E-state index in [1.54, 1.807) is 6.20 Å². The molecule has 0 spiro atoms. The number of para-hydroxylation sites is 1. The monoisotopic (exact) mass is 479 g/mol. The zero-order valence-corrected chi connectivity index (χ0v) is 19.6. The molecule has 0 radical (unpaired) electrons. The van der Waals surface area contributed by atoms with Crippen molar-refractivity contribution in [2.45, 2.75) is 50.2 Å². The van der Waals surface area contributed by atoms with Gasteiger partial charge in [0.2, 0.25) is 11.8 Å². The average molecular weight is 480 g/mol. The summed E-state index contributed by atoms with van der Waals surface area (Å²) in [6.07, 6.45) is 3.74. The quantitative estimate of drug-likeness (QED) is 0.203. The number of aliphatic carboxylic acids is 1. The SMILES string of the molecule is NCCCC[C@H](NC(=O)[C@@H](Cc1c[nH]c2ccccc12)NC(=O)[C@@H](N)Cc1ccccc1)C(=O)O. The summed E-state index contributed by atoms with van der Waals surface area (Å²) in [7, 11) is 0. The number of rotatable bonds is 13. The lowest BCUT2D eigenvalue weighted by atomic mass is 10.0. The van der Waals surface area contributed by atoms with Gasteiger partial charge in [0.25, 0.3) is 0 Å². The van der Waals surface area contributed by atoms with Crippen molar-refractivity contribution in [2.24, 2.45) is 11.5 Å². The van der Waals surface area contributed by atoms with Gasteiger partial charge in [0.15, 0.2) is 0 Å². The molecular formula is C26H33N5O4. The summed E-state index contributed by atoms with van der Waals surface area (Å²) in [4.78, 5) is 41.0. The number of amides is 2. The van der Waals surface area contributed by atoms with E-state index in [9.17, 15) is 19.5 Å². The summed E-state index contributed by atoms with van der Waals surface area (Å²) >= 11 is 0. The van der Waals surface area contributed by atoms with Gasteiger partial charge in [-0.25, -0.2) is 4.79 Å². The fraction of sp³-hybridized carbons (Fsp3) is 0.346. The maximum absolute atomic E-state index is 13.2. The van der Waals surface area contributed by atoms with E-state index in [0.29, 0.717) is 25.8 Å². The summed E-state index contributed by atoms with van der Waals surface area (Å²) in [6, 6.07) is 14.1. The molecule has 9 nitrogen and oxygen atoms in total. The topological polar surface area (TPSA) is 163 Å². The Kier molecular flexibility index (Phi) is 9.39. The van der Waals surface area contributed by atoms with Crippen LogP contribution in [0, 0.1) is 0 Å². The highest BCUT2D eigenvalue weighted by molar-refractivity contribution is 5.93. The van der Waals surface area contributed by atoms with Crippen LogP contribution in [0.15, 0.2) is 60.8 Å². The van der Waals surface area contributed by atoms with Crippen LogP contribution in [0.4, 0.5) is 0 Å². The lowest BCUT2D eigenvalue weighted by Gasteiger charge is -2.23. The Morgan fingerprint density at radius 1 is 0.886 bits per heavy atom. The predicted molar refractivity (Wildman–Crippen MR) is 135 cm³/mol. The highest BCUT2D eigenvalue weighted by Crippen LogP contribution is 2.19. The molecule has 1 heterocycles. The summed E-state index contributed by atoms with van der Waals surface area (Å²) in [5, 5.41) is 15.8. The van der Waals surface area contributed by atoms with Crippen molar-refractivity contribution in [1.82, 2.24) is 15.6 Å². The van der Waals surface area contributed by atoms with Gasteiger partial charge in [-0.15, -0.1) is 0 Å². The van der Waals surface area contributed by atoms with Crippen LogP contribution >= 0.6 is 0 Å². The molecule has 0 saturated carbocycles. The van der Waals surface area contributed by atoms with Crippen molar-refractivity contribution in [3.8, 4) is 0 Å². The Bertz CT molecular complexity index is 1130. The van der Waals surface area contributed by atoms with Gasteiger partial charge in [-0.3, -0.25) is 9.59 Å². The number of carbonyl (C=O) groups excluding carboxylic acids is 2. The molecule has 0 bridgehead atoms. The summed E-state index contributed by atoms with van der Waals surface area (Å²) in [6.45, 7) is 0.443. The zero-order chi connectivity index (χ0) is 25.2. The normalized spacial score (nSPS) is 13.7. The van der Waals surface area contributed by atoms with E-state index in [1.807, 2.05) is 54.6 Å². The number of carbonyl (C=O) groups is 3. The Morgan fingerprint density at radius 3 is 2.29 bits per heavy atom. The lowest BCUT2D eigenvalue weighted by Crippen LogP contribution is -2.55. The van der Waals surface area contributed by atoms with Crippen LogP contribution < -0.4 is 22.1 Å². The second kappa shape index (κ2) is 12.7. The van der Waals surface area contributed by atoms with Gasteiger partial charge in [-0.05, 0) is 49.4 Å². The van der Waals surface area contributed by atoms with Gasteiger partial charge < -0.3 is 32.2 Å². The minimum atomic E-state index is -1.13. The van der Waals surface area contributed by atoms with Crippen molar-refractivity contribution in [3.63, 3.8) is 0 Å². The van der Waals surface area contributed by atoms with Gasteiger partial charge >= 0.3 is 5.97 Å². The first kappa shape index (κ1) is 25.9. The summed E-state index contributed by atoms with van der Waals surface area (Å²) in [5.41, 5.74) is 14.3. The molecule has 3 atom stereocenters. The van der Waals surface area contributed by atoms with E-state index in [1.165, 1.54) is 0 Å². The number of aromatic nitrogens is 1. The highest BCUT2D eigenvalue weighted by atomic mass is 16.4. The van der Waals surface area contributed by atoms with Crippen molar-refractivity contribution in [1.29, 1.82) is 0 Å². The molecule has 1 aromatic heterocycles. The first-order chi connectivity index (χ1) is 16.9. The third-order valence-electron chi connectivity index (χ3n) is 5.93. The number of nitrogens with two attached hydrogens (primary N) is 2. The summed E-state index contributed by atoms with van der Waals surface area (Å²) < 4.78 is 0. The number of fused-ring (bicyclic) bond motifs is 1. The number of aromatic amines is 1. The minimum Gasteiger partial charge on any atom is -0.480 e. The Balaban J connectivity index is 1.76. The fourth-order valence-corrected chi connectivity index (χ4v) is 3.99. The largest absolute Gasteiger partial charge is 0.480 e. The van der Waals surface area contributed by atoms with Crippen LogP contribution in [0.25, 0.3) is 10.9 Å². The van der Waals surface area contributed by atoms with Crippen LogP contribution in [-0.2, 0) is 27.2 Å². The van der Waals surface area contributed by atoms with E-state index in [4.69, 9.17) is 11.5 Å². The molecule has 0 aliphatic carbocycles. The molecule has 2 amide bonds. The predicted octanol–water partition coefficient (Wildman–Crippen LogP) is 1.46. The van der Waals surface area contributed by atoms with Crippen molar-refractivity contribution < 1.29 is 19.5 Å². The molecule has 0 aliphatic rings. The molecule has 9 heteroatoms. The zero-order valence-electron chi connectivity index (χ0n) is 19.6. The van der Waals surface area contributed by atoms with Gasteiger partial charge in [0, 0.05) is 23.5 Å². The smallest absolute Gasteiger partial charge is 0.326 e. The number of H-pyrrole nitrogens is 1. The number of nitrogens with one attached hydrogen (secondary N) is 3. The fourth-order valence-electron chi connectivity index (χ4n) is 3.99. The molecule has 0 fully saturated rings. The number of benzene rings is 2. The lowest BCUT2D eigenvalue weighted by molar-refractivity contribution is -0.142. The van der Waals surface area contributed by atoms with Crippen molar-refractivity contribution in [3.05, 3.63) is 71.9 Å². The molecule has 0 unspecified atom stereocenters. The first-order valence-electron chi connectivity index (χ1n) is 11.8. The molecule has 0 saturated heterocycles. The van der Waals surface area contributed by atoms with E-state index in [-0.39, 0.29) is 12.8 Å². The number of unbranched alkanes of at least 4 members (excludes halogenated alkanes) is 1. The van der Waals surface area contributed by atoms with Crippen molar-refractivity contribution in [2.75, 3.05) is 6.54 Å². The van der Waals surface area contributed by atoms with E-state index >= 15 is 0 Å². The molecular weight excluding hydrogens is 446 g/mol. The van der Waals surface area contributed by atoms with Crippen molar-refractivity contribution >= 4 is 28.7 Å². The van der Waals surface area contributed by atoms with Crippen LogP contribution in [-0.4, -0.2) is 52.5 Å². The van der Waals surface area contributed by atoms with Gasteiger partial charge in [-0.2, -0.15) is 0 Å². The molecule has 3 rings (SSSR count). The number of hydrogen-bond donors (Lipinski definition) is 6. The Labute approximate surface area is 204 Å². The van der Waals surface area contributed by atoms with E-state index in [0.717, 1.165) is 22.0 Å². The third-order valence-corrected chi connectivity index (χ3v) is 5.93. The molecule has 35 heavy (non-hydrogen) atoms. The number of carboxylic acid groups (broad SMARTS) is 1.